The van der Waals surface area contributed by atoms with Gasteiger partial charge in [0.05, 0.1) is 12.1 Å². The Hall–Kier alpha value is -0.800. The van der Waals surface area contributed by atoms with Gasteiger partial charge in [-0.05, 0) is 45.7 Å². The van der Waals surface area contributed by atoms with Crippen LogP contribution in [0.25, 0.3) is 0 Å². The number of furan rings is 1. The van der Waals surface area contributed by atoms with Crippen molar-refractivity contribution < 1.29 is 9.15 Å². The van der Waals surface area contributed by atoms with Crippen LogP contribution in [0.15, 0.2) is 10.5 Å². The predicted octanol–water partition coefficient (Wildman–Crippen LogP) is 3.12. The highest BCUT2D eigenvalue weighted by atomic mass is 16.5. The largest absolute Gasteiger partial charge is 0.466 e. The van der Waals surface area contributed by atoms with Crippen LogP contribution in [-0.2, 0) is 4.74 Å². The van der Waals surface area contributed by atoms with Crippen LogP contribution in [0, 0.1) is 13.8 Å². The maximum absolute atomic E-state index is 5.83. The molecule has 2 atom stereocenters. The SMILES string of the molecule is CCCNC(c1cc(C)oc1C)C1CCCO1. The van der Waals surface area contributed by atoms with Crippen molar-refractivity contribution in [3.05, 3.63) is 23.2 Å². The summed E-state index contributed by atoms with van der Waals surface area (Å²) in [7, 11) is 0. The Morgan fingerprint density at radius 3 is 2.82 bits per heavy atom. The van der Waals surface area contributed by atoms with E-state index in [2.05, 4.69) is 18.3 Å². The van der Waals surface area contributed by atoms with E-state index in [1.165, 1.54) is 12.0 Å². The standard InChI is InChI=1S/C14H23NO2/c1-4-7-15-14(13-6-5-8-16-13)12-9-10(2)17-11(12)3/h9,13-15H,4-8H2,1-3H3. The van der Waals surface area contributed by atoms with E-state index in [0.29, 0.717) is 6.10 Å². The minimum absolute atomic E-state index is 0.287. The van der Waals surface area contributed by atoms with Crippen LogP contribution in [0.1, 0.15) is 49.3 Å². The van der Waals surface area contributed by atoms with Gasteiger partial charge in [-0.1, -0.05) is 6.92 Å². The average Bonchev–Trinajstić information content (AvgIpc) is 2.90. The minimum atomic E-state index is 0.287. The van der Waals surface area contributed by atoms with Crippen LogP contribution in [0.3, 0.4) is 0 Å². The molecule has 1 aliphatic rings. The summed E-state index contributed by atoms with van der Waals surface area (Å²) in [5.41, 5.74) is 1.27. The van der Waals surface area contributed by atoms with E-state index in [9.17, 15) is 0 Å². The first-order chi connectivity index (χ1) is 8.22. The van der Waals surface area contributed by atoms with Crippen LogP contribution in [0.5, 0.6) is 0 Å². The summed E-state index contributed by atoms with van der Waals surface area (Å²) < 4.78 is 11.5. The van der Waals surface area contributed by atoms with Crippen molar-refractivity contribution in [2.24, 2.45) is 0 Å². The fourth-order valence-corrected chi connectivity index (χ4v) is 2.57. The minimum Gasteiger partial charge on any atom is -0.466 e. The second kappa shape index (κ2) is 5.69. The Balaban J connectivity index is 2.16. The van der Waals surface area contributed by atoms with Gasteiger partial charge in [-0.15, -0.1) is 0 Å². The smallest absolute Gasteiger partial charge is 0.105 e. The molecule has 96 valence electrons. The Morgan fingerprint density at radius 1 is 1.47 bits per heavy atom. The lowest BCUT2D eigenvalue weighted by Gasteiger charge is -2.23. The van der Waals surface area contributed by atoms with Crippen molar-refractivity contribution in [3.8, 4) is 0 Å². The van der Waals surface area contributed by atoms with Crippen molar-refractivity contribution in [2.75, 3.05) is 13.2 Å². The molecule has 1 saturated heterocycles. The highest BCUT2D eigenvalue weighted by molar-refractivity contribution is 5.25. The van der Waals surface area contributed by atoms with Crippen molar-refractivity contribution >= 4 is 0 Å². The maximum atomic E-state index is 5.83. The van der Waals surface area contributed by atoms with E-state index in [-0.39, 0.29) is 6.04 Å². The number of hydrogen-bond donors (Lipinski definition) is 1. The third-order valence-electron chi connectivity index (χ3n) is 3.37. The van der Waals surface area contributed by atoms with Gasteiger partial charge in [0, 0.05) is 12.2 Å². The van der Waals surface area contributed by atoms with E-state index >= 15 is 0 Å². The van der Waals surface area contributed by atoms with Crippen LogP contribution in [0.4, 0.5) is 0 Å². The monoisotopic (exact) mass is 237 g/mol. The molecule has 1 N–H and O–H groups in total. The third-order valence-corrected chi connectivity index (χ3v) is 3.37. The zero-order valence-corrected chi connectivity index (χ0v) is 11.1. The fourth-order valence-electron chi connectivity index (χ4n) is 2.57. The van der Waals surface area contributed by atoms with Gasteiger partial charge in [0.1, 0.15) is 11.5 Å². The average molecular weight is 237 g/mol. The van der Waals surface area contributed by atoms with E-state index in [1.807, 2.05) is 13.8 Å². The molecule has 1 aliphatic heterocycles. The van der Waals surface area contributed by atoms with E-state index < -0.39 is 0 Å². The molecule has 2 rings (SSSR count). The van der Waals surface area contributed by atoms with E-state index in [1.54, 1.807) is 0 Å². The Labute approximate surface area is 104 Å². The molecule has 0 aliphatic carbocycles. The first kappa shape index (κ1) is 12.7. The van der Waals surface area contributed by atoms with Gasteiger partial charge >= 0.3 is 0 Å². The second-order valence-electron chi connectivity index (χ2n) is 4.85. The lowest BCUT2D eigenvalue weighted by molar-refractivity contribution is 0.0778. The van der Waals surface area contributed by atoms with Gasteiger partial charge in [-0.25, -0.2) is 0 Å². The van der Waals surface area contributed by atoms with Crippen molar-refractivity contribution in [1.29, 1.82) is 0 Å². The van der Waals surface area contributed by atoms with Crippen molar-refractivity contribution in [3.63, 3.8) is 0 Å². The van der Waals surface area contributed by atoms with Gasteiger partial charge in [-0.2, -0.15) is 0 Å². The molecule has 0 saturated carbocycles. The number of nitrogens with one attached hydrogen (secondary N) is 1. The number of rotatable bonds is 5. The topological polar surface area (TPSA) is 34.4 Å². The Kier molecular flexibility index (Phi) is 4.24. The number of aryl methyl sites for hydroxylation is 2. The lowest BCUT2D eigenvalue weighted by Crippen LogP contribution is -2.32. The van der Waals surface area contributed by atoms with Gasteiger partial charge in [0.15, 0.2) is 0 Å². The summed E-state index contributed by atoms with van der Waals surface area (Å²) in [4.78, 5) is 0. The molecule has 17 heavy (non-hydrogen) atoms. The van der Waals surface area contributed by atoms with Crippen LogP contribution in [0.2, 0.25) is 0 Å². The zero-order valence-electron chi connectivity index (χ0n) is 11.1. The van der Waals surface area contributed by atoms with Gasteiger partial charge in [-0.3, -0.25) is 0 Å². The highest BCUT2D eigenvalue weighted by Gasteiger charge is 2.29. The van der Waals surface area contributed by atoms with Crippen molar-refractivity contribution in [1.82, 2.24) is 5.32 Å². The molecule has 0 spiro atoms. The van der Waals surface area contributed by atoms with Crippen molar-refractivity contribution in [2.45, 2.75) is 52.2 Å². The molecule has 1 aromatic rings. The lowest BCUT2D eigenvalue weighted by atomic mass is 9.99. The molecule has 1 aromatic heterocycles. The van der Waals surface area contributed by atoms with E-state index in [4.69, 9.17) is 9.15 Å². The molecule has 0 aromatic carbocycles. The Bertz CT molecular complexity index is 353. The highest BCUT2D eigenvalue weighted by Crippen LogP contribution is 2.30. The van der Waals surface area contributed by atoms with Crippen LogP contribution >= 0.6 is 0 Å². The molecule has 1 fully saturated rings. The molecular weight excluding hydrogens is 214 g/mol. The normalized spacial score (nSPS) is 21.9. The quantitative estimate of drug-likeness (QED) is 0.854. The summed E-state index contributed by atoms with van der Waals surface area (Å²) in [6, 6.07) is 2.43. The Morgan fingerprint density at radius 2 is 2.29 bits per heavy atom. The number of ether oxygens (including phenoxy) is 1. The fraction of sp³-hybridized carbons (Fsp3) is 0.714. The van der Waals surface area contributed by atoms with Crippen LogP contribution in [-0.4, -0.2) is 19.3 Å². The predicted molar refractivity (Wildman–Crippen MR) is 68.2 cm³/mol. The summed E-state index contributed by atoms with van der Waals surface area (Å²) >= 11 is 0. The molecule has 0 amide bonds. The molecule has 0 radical (unpaired) electrons. The third kappa shape index (κ3) is 2.90. The van der Waals surface area contributed by atoms with Gasteiger partial charge < -0.3 is 14.5 Å². The number of hydrogen-bond acceptors (Lipinski definition) is 3. The summed E-state index contributed by atoms with van der Waals surface area (Å²) in [6.07, 6.45) is 3.76. The summed E-state index contributed by atoms with van der Waals surface area (Å²) in [5.74, 6) is 2.00. The van der Waals surface area contributed by atoms with Crippen LogP contribution < -0.4 is 5.32 Å². The molecule has 0 bridgehead atoms. The first-order valence-electron chi connectivity index (χ1n) is 6.64. The molecule has 2 heterocycles. The van der Waals surface area contributed by atoms with Gasteiger partial charge in [0.2, 0.25) is 0 Å². The second-order valence-corrected chi connectivity index (χ2v) is 4.85. The molecule has 3 nitrogen and oxygen atoms in total. The first-order valence-corrected chi connectivity index (χ1v) is 6.64. The summed E-state index contributed by atoms with van der Waals surface area (Å²) in [5, 5.41) is 3.60. The van der Waals surface area contributed by atoms with Gasteiger partial charge in [0.25, 0.3) is 0 Å². The van der Waals surface area contributed by atoms with E-state index in [0.717, 1.165) is 37.5 Å². The zero-order chi connectivity index (χ0) is 12.3. The molecular formula is C14H23NO2. The molecule has 3 heteroatoms. The molecule has 2 unspecified atom stereocenters. The summed E-state index contributed by atoms with van der Waals surface area (Å²) in [6.45, 7) is 8.15. The maximum Gasteiger partial charge on any atom is 0.105 e.